The first-order valence-electron chi connectivity index (χ1n) is 11.1. The van der Waals surface area contributed by atoms with Gasteiger partial charge in [-0.05, 0) is 18.9 Å². The summed E-state index contributed by atoms with van der Waals surface area (Å²) in [7, 11) is 1.65. The predicted octanol–water partition coefficient (Wildman–Crippen LogP) is 1.51. The number of hydrogen-bond donors (Lipinski definition) is 1. The number of aromatic nitrogens is 2. The van der Waals surface area contributed by atoms with E-state index in [9.17, 15) is 5.11 Å². The van der Waals surface area contributed by atoms with Gasteiger partial charge in [0.15, 0.2) is 0 Å². The maximum Gasteiger partial charge on any atom is 0.137 e. The third-order valence-electron chi connectivity index (χ3n) is 5.21. The Bertz CT molecular complexity index is 571. The van der Waals surface area contributed by atoms with Crippen molar-refractivity contribution in [3.8, 4) is 0 Å². The van der Waals surface area contributed by atoms with Crippen molar-refractivity contribution in [2.24, 2.45) is 0 Å². The summed E-state index contributed by atoms with van der Waals surface area (Å²) in [6, 6.07) is 1.74. The third-order valence-corrected chi connectivity index (χ3v) is 5.21. The molecule has 0 unspecified atom stereocenters. The second-order valence-electron chi connectivity index (χ2n) is 7.51. The molecule has 0 spiro atoms. The van der Waals surface area contributed by atoms with Crippen LogP contribution in [0.15, 0.2) is 12.3 Å². The number of rotatable bonds is 19. The average Bonchev–Trinajstić information content (AvgIpc) is 3.29. The predicted molar refractivity (Wildman–Crippen MR) is 114 cm³/mol. The second-order valence-corrected chi connectivity index (χ2v) is 7.51. The van der Waals surface area contributed by atoms with Gasteiger partial charge in [0, 0.05) is 13.3 Å². The smallest absolute Gasteiger partial charge is 0.137 e. The van der Waals surface area contributed by atoms with Crippen LogP contribution in [0.25, 0.3) is 0 Å². The van der Waals surface area contributed by atoms with E-state index in [1.165, 1.54) is 0 Å². The zero-order valence-corrected chi connectivity index (χ0v) is 18.8. The number of methoxy groups -OCH3 is 1. The lowest BCUT2D eigenvalue weighted by molar-refractivity contribution is -0.0181. The van der Waals surface area contributed by atoms with Crippen LogP contribution in [-0.2, 0) is 40.4 Å². The van der Waals surface area contributed by atoms with Gasteiger partial charge in [0.1, 0.15) is 5.82 Å². The van der Waals surface area contributed by atoms with Crippen LogP contribution < -0.4 is 0 Å². The van der Waals surface area contributed by atoms with Crippen LogP contribution in [0.5, 0.6) is 0 Å². The van der Waals surface area contributed by atoms with E-state index in [4.69, 9.17) is 28.4 Å². The topological polar surface area (TPSA) is 101 Å². The molecule has 178 valence electrons. The van der Waals surface area contributed by atoms with Gasteiger partial charge >= 0.3 is 0 Å². The first-order chi connectivity index (χ1) is 15.3. The summed E-state index contributed by atoms with van der Waals surface area (Å²) in [4.78, 5) is 8.99. The normalized spacial score (nSPS) is 15.5. The Labute approximate surface area is 185 Å². The summed E-state index contributed by atoms with van der Waals surface area (Å²) in [5.74, 6) is 0.787. The molecule has 0 atom stereocenters. The average molecular weight is 443 g/mol. The maximum absolute atomic E-state index is 9.35. The summed E-state index contributed by atoms with van der Waals surface area (Å²) < 4.78 is 32.5. The zero-order valence-electron chi connectivity index (χ0n) is 18.8. The van der Waals surface area contributed by atoms with Gasteiger partial charge in [0.05, 0.1) is 90.4 Å². The molecule has 1 saturated carbocycles. The molecule has 1 aliphatic rings. The Balaban J connectivity index is 1.46. The van der Waals surface area contributed by atoms with E-state index in [0.29, 0.717) is 78.4 Å². The van der Waals surface area contributed by atoms with Crippen molar-refractivity contribution in [3.63, 3.8) is 0 Å². The van der Waals surface area contributed by atoms with E-state index in [1.54, 1.807) is 19.4 Å². The molecular formula is C22H38N2O7. The maximum atomic E-state index is 9.35. The highest BCUT2D eigenvalue weighted by Crippen LogP contribution is 2.39. The summed E-state index contributed by atoms with van der Waals surface area (Å²) in [6.45, 7) is 5.98. The van der Waals surface area contributed by atoms with Gasteiger partial charge < -0.3 is 33.5 Å². The van der Waals surface area contributed by atoms with Crippen LogP contribution in [0, 0.1) is 0 Å². The second kappa shape index (κ2) is 16.4. The lowest BCUT2D eigenvalue weighted by Crippen LogP contribution is -2.32. The molecule has 0 bridgehead atoms. The quantitative estimate of drug-likeness (QED) is 0.319. The Morgan fingerprint density at radius 3 is 1.84 bits per heavy atom. The summed E-state index contributed by atoms with van der Waals surface area (Å²) >= 11 is 0. The number of hydrogen-bond acceptors (Lipinski definition) is 9. The van der Waals surface area contributed by atoms with Crippen LogP contribution >= 0.6 is 0 Å². The molecule has 2 rings (SSSR count). The monoisotopic (exact) mass is 442 g/mol. The SMILES string of the molecule is COCCOCCOCCOCCOCCOCC1(c2nccc(CO)n2)CCCC1. The minimum absolute atomic E-state index is 0.0716. The fraction of sp³-hybridized carbons (Fsp3) is 0.818. The fourth-order valence-corrected chi connectivity index (χ4v) is 3.51. The number of ether oxygens (including phenoxy) is 6. The summed E-state index contributed by atoms with van der Waals surface area (Å²) in [5.41, 5.74) is 0.503. The lowest BCUT2D eigenvalue weighted by Gasteiger charge is -2.27. The molecule has 0 aromatic carbocycles. The molecular weight excluding hydrogens is 404 g/mol. The van der Waals surface area contributed by atoms with Gasteiger partial charge in [-0.2, -0.15) is 0 Å². The van der Waals surface area contributed by atoms with Crippen molar-refractivity contribution in [2.75, 3.05) is 79.8 Å². The van der Waals surface area contributed by atoms with Crippen molar-refractivity contribution < 1.29 is 33.5 Å². The lowest BCUT2D eigenvalue weighted by atomic mass is 9.86. The van der Waals surface area contributed by atoms with E-state index >= 15 is 0 Å². The Hall–Kier alpha value is -1.20. The van der Waals surface area contributed by atoms with Crippen molar-refractivity contribution in [2.45, 2.75) is 37.7 Å². The third kappa shape index (κ3) is 10.3. The molecule has 1 aromatic rings. The van der Waals surface area contributed by atoms with Crippen LogP contribution in [-0.4, -0.2) is 94.9 Å². The first-order valence-corrected chi connectivity index (χ1v) is 11.1. The molecule has 0 radical (unpaired) electrons. The highest BCUT2D eigenvalue weighted by atomic mass is 16.6. The highest BCUT2D eigenvalue weighted by molar-refractivity contribution is 5.14. The van der Waals surface area contributed by atoms with Crippen molar-refractivity contribution in [1.29, 1.82) is 0 Å². The van der Waals surface area contributed by atoms with Gasteiger partial charge in [-0.3, -0.25) is 0 Å². The van der Waals surface area contributed by atoms with Crippen LogP contribution in [0.4, 0.5) is 0 Å². The van der Waals surface area contributed by atoms with Crippen molar-refractivity contribution in [3.05, 3.63) is 23.8 Å². The molecule has 0 saturated heterocycles. The van der Waals surface area contributed by atoms with E-state index in [2.05, 4.69) is 9.97 Å². The van der Waals surface area contributed by atoms with Crippen LogP contribution in [0.3, 0.4) is 0 Å². The summed E-state index contributed by atoms with van der Waals surface area (Å²) in [5, 5.41) is 9.35. The molecule has 1 N–H and O–H groups in total. The number of nitrogens with zero attached hydrogens (tertiary/aromatic N) is 2. The van der Waals surface area contributed by atoms with E-state index in [0.717, 1.165) is 31.5 Å². The molecule has 1 fully saturated rings. The van der Waals surface area contributed by atoms with Gasteiger partial charge in [-0.15, -0.1) is 0 Å². The Morgan fingerprint density at radius 2 is 1.32 bits per heavy atom. The molecule has 1 aliphatic carbocycles. The van der Waals surface area contributed by atoms with Gasteiger partial charge in [-0.1, -0.05) is 12.8 Å². The van der Waals surface area contributed by atoms with Crippen molar-refractivity contribution >= 4 is 0 Å². The Kier molecular flexibility index (Phi) is 13.8. The molecule has 9 heteroatoms. The fourth-order valence-electron chi connectivity index (χ4n) is 3.51. The van der Waals surface area contributed by atoms with E-state index in [-0.39, 0.29) is 12.0 Å². The number of aliphatic hydroxyl groups excluding tert-OH is 1. The molecule has 1 heterocycles. The molecule has 0 amide bonds. The van der Waals surface area contributed by atoms with Crippen LogP contribution in [0.2, 0.25) is 0 Å². The molecule has 1 aromatic heterocycles. The van der Waals surface area contributed by atoms with E-state index in [1.807, 2.05) is 0 Å². The molecule has 9 nitrogen and oxygen atoms in total. The zero-order chi connectivity index (χ0) is 22.0. The molecule has 0 aliphatic heterocycles. The Morgan fingerprint density at radius 1 is 0.806 bits per heavy atom. The van der Waals surface area contributed by atoms with Gasteiger partial charge in [0.25, 0.3) is 0 Å². The minimum atomic E-state index is -0.150. The molecule has 31 heavy (non-hydrogen) atoms. The van der Waals surface area contributed by atoms with Gasteiger partial charge in [-0.25, -0.2) is 9.97 Å². The van der Waals surface area contributed by atoms with E-state index < -0.39 is 0 Å². The van der Waals surface area contributed by atoms with Gasteiger partial charge in [0.2, 0.25) is 0 Å². The number of aliphatic hydroxyl groups is 1. The highest BCUT2D eigenvalue weighted by Gasteiger charge is 2.38. The summed E-state index contributed by atoms with van der Waals surface area (Å²) in [6.07, 6.45) is 6.04. The minimum Gasteiger partial charge on any atom is -0.390 e. The first kappa shape index (κ1) is 26.1. The largest absolute Gasteiger partial charge is 0.390 e. The standard InChI is InChI=1S/C22H38N2O7/c1-26-8-9-27-10-11-28-12-13-29-14-15-30-16-17-31-19-22(5-2-3-6-22)21-23-7-4-20(18-25)24-21/h4,7,25H,2-3,5-6,8-19H2,1H3. The van der Waals surface area contributed by atoms with Crippen LogP contribution in [0.1, 0.15) is 37.2 Å². The van der Waals surface area contributed by atoms with Crippen molar-refractivity contribution in [1.82, 2.24) is 9.97 Å².